The third-order valence-electron chi connectivity index (χ3n) is 3.80. The van der Waals surface area contributed by atoms with Crippen molar-refractivity contribution in [3.8, 4) is 0 Å². The number of hydrogen-bond donors (Lipinski definition) is 0. The smallest absolute Gasteiger partial charge is 0.159 e. The molecule has 2 heteroatoms. The molecule has 2 atom stereocenters. The van der Waals surface area contributed by atoms with E-state index in [2.05, 4.69) is 18.9 Å². The van der Waals surface area contributed by atoms with E-state index in [0.29, 0.717) is 5.78 Å². The summed E-state index contributed by atoms with van der Waals surface area (Å²) < 4.78 is 0. The van der Waals surface area contributed by atoms with Gasteiger partial charge in [-0.3, -0.25) is 4.79 Å². The fourth-order valence-corrected chi connectivity index (χ4v) is 2.97. The molecule has 0 radical (unpaired) electrons. The van der Waals surface area contributed by atoms with Crippen LogP contribution in [-0.2, 0) is 4.79 Å². The molecule has 14 heavy (non-hydrogen) atoms. The molecule has 0 aromatic heterocycles. The molecule has 1 heterocycles. The topological polar surface area (TPSA) is 20.3 Å². The summed E-state index contributed by atoms with van der Waals surface area (Å²) >= 11 is 0. The molecule has 0 aromatic rings. The van der Waals surface area contributed by atoms with Crippen LogP contribution in [0.25, 0.3) is 0 Å². The number of carbonyl (C=O) groups excluding carboxylic acids is 1. The van der Waals surface area contributed by atoms with E-state index in [9.17, 15) is 4.79 Å². The van der Waals surface area contributed by atoms with Gasteiger partial charge in [0.15, 0.2) is 5.78 Å². The van der Waals surface area contributed by atoms with E-state index in [1.807, 2.05) is 6.20 Å². The van der Waals surface area contributed by atoms with E-state index in [0.717, 1.165) is 12.3 Å². The monoisotopic (exact) mass is 193 g/mol. The van der Waals surface area contributed by atoms with Crippen LogP contribution in [0.3, 0.4) is 0 Å². The molecule has 0 saturated heterocycles. The minimum absolute atomic E-state index is 0.156. The van der Waals surface area contributed by atoms with Crippen molar-refractivity contribution in [1.29, 1.82) is 0 Å². The Kier molecular flexibility index (Phi) is 2.38. The van der Waals surface area contributed by atoms with Crippen molar-refractivity contribution in [2.45, 2.75) is 44.6 Å². The molecule has 0 N–H and O–H groups in total. The quantitative estimate of drug-likeness (QED) is 0.588. The Labute approximate surface area is 86.0 Å². The summed E-state index contributed by atoms with van der Waals surface area (Å²) in [4.78, 5) is 13.7. The Balaban J connectivity index is 2.20. The first kappa shape index (κ1) is 9.75. The molecule has 0 aromatic carbocycles. The fraction of sp³-hybridized carbons (Fsp3) is 0.750. The van der Waals surface area contributed by atoms with Gasteiger partial charge in [-0.1, -0.05) is 19.8 Å². The molecule has 1 spiro atoms. The first-order chi connectivity index (χ1) is 6.62. The van der Waals surface area contributed by atoms with Crippen LogP contribution in [0, 0.1) is 5.92 Å². The Bertz CT molecular complexity index is 271. The van der Waals surface area contributed by atoms with E-state index < -0.39 is 0 Å². The van der Waals surface area contributed by atoms with Crippen molar-refractivity contribution >= 4 is 5.78 Å². The minimum atomic E-state index is 0.156. The van der Waals surface area contributed by atoms with Gasteiger partial charge in [0.1, 0.15) is 0 Å². The number of rotatable bonds is 0. The maximum absolute atomic E-state index is 11.5. The van der Waals surface area contributed by atoms with Gasteiger partial charge in [0.25, 0.3) is 0 Å². The normalized spacial score (nSPS) is 38.0. The lowest BCUT2D eigenvalue weighted by atomic mass is 9.72. The Morgan fingerprint density at radius 2 is 2.36 bits per heavy atom. The summed E-state index contributed by atoms with van der Waals surface area (Å²) in [6.45, 7) is 2.30. The Morgan fingerprint density at radius 1 is 1.57 bits per heavy atom. The zero-order valence-electron chi connectivity index (χ0n) is 9.12. The van der Waals surface area contributed by atoms with Crippen molar-refractivity contribution < 1.29 is 4.79 Å². The average molecular weight is 193 g/mol. The van der Waals surface area contributed by atoms with Gasteiger partial charge in [0.05, 0.1) is 0 Å². The molecule has 78 valence electrons. The van der Waals surface area contributed by atoms with E-state index in [-0.39, 0.29) is 5.54 Å². The first-order valence-corrected chi connectivity index (χ1v) is 5.56. The number of carbonyl (C=O) groups is 1. The molecule has 1 aliphatic carbocycles. The second kappa shape index (κ2) is 3.41. The highest BCUT2D eigenvalue weighted by Gasteiger charge is 2.40. The molecule has 2 rings (SSSR count). The summed E-state index contributed by atoms with van der Waals surface area (Å²) in [6, 6.07) is 0. The van der Waals surface area contributed by atoms with Gasteiger partial charge >= 0.3 is 0 Å². The number of ketones is 1. The molecule has 2 nitrogen and oxygen atoms in total. The van der Waals surface area contributed by atoms with Gasteiger partial charge in [-0.25, -0.2) is 0 Å². The summed E-state index contributed by atoms with van der Waals surface area (Å²) in [7, 11) is 2.11. The van der Waals surface area contributed by atoms with Crippen molar-refractivity contribution in [2.24, 2.45) is 5.92 Å². The van der Waals surface area contributed by atoms with Gasteiger partial charge in [-0.05, 0) is 24.8 Å². The molecule has 1 saturated carbocycles. The van der Waals surface area contributed by atoms with E-state index in [1.54, 1.807) is 6.08 Å². The summed E-state index contributed by atoms with van der Waals surface area (Å²) in [5.41, 5.74) is 0.156. The fourth-order valence-electron chi connectivity index (χ4n) is 2.97. The first-order valence-electron chi connectivity index (χ1n) is 5.56. The van der Waals surface area contributed by atoms with Gasteiger partial charge in [0.2, 0.25) is 0 Å². The molecule has 2 unspecified atom stereocenters. The van der Waals surface area contributed by atoms with Gasteiger partial charge in [0, 0.05) is 25.2 Å². The van der Waals surface area contributed by atoms with Crippen LogP contribution in [-0.4, -0.2) is 23.3 Å². The highest BCUT2D eigenvalue weighted by Crippen LogP contribution is 2.40. The molecular weight excluding hydrogens is 174 g/mol. The third kappa shape index (κ3) is 1.58. The maximum atomic E-state index is 11.5. The van der Waals surface area contributed by atoms with E-state index in [1.165, 1.54) is 25.7 Å². The molecule has 1 aliphatic heterocycles. The summed E-state index contributed by atoms with van der Waals surface area (Å²) in [5, 5.41) is 0. The number of nitrogens with zero attached hydrogens (tertiary/aromatic N) is 1. The maximum Gasteiger partial charge on any atom is 0.159 e. The number of hydrogen-bond acceptors (Lipinski definition) is 2. The van der Waals surface area contributed by atoms with Crippen LogP contribution >= 0.6 is 0 Å². The van der Waals surface area contributed by atoms with Crippen LogP contribution in [0.5, 0.6) is 0 Å². The van der Waals surface area contributed by atoms with Crippen molar-refractivity contribution in [1.82, 2.24) is 4.90 Å². The van der Waals surface area contributed by atoms with Gasteiger partial charge < -0.3 is 4.90 Å². The van der Waals surface area contributed by atoms with Crippen molar-refractivity contribution in [2.75, 3.05) is 7.05 Å². The molecule has 2 aliphatic rings. The summed E-state index contributed by atoms with van der Waals surface area (Å²) in [5.74, 6) is 1.07. The molecule has 1 fully saturated rings. The standard InChI is InChI=1S/C12H19NO/c1-10-4-3-6-12(8-10)9-11(14)5-7-13(12)2/h5,7,10H,3-4,6,8-9H2,1-2H3. The van der Waals surface area contributed by atoms with E-state index in [4.69, 9.17) is 0 Å². The van der Waals surface area contributed by atoms with Crippen LogP contribution < -0.4 is 0 Å². The predicted octanol–water partition coefficient (Wildman–Crippen LogP) is 2.35. The highest BCUT2D eigenvalue weighted by atomic mass is 16.1. The lowest BCUT2D eigenvalue weighted by Gasteiger charge is -2.47. The van der Waals surface area contributed by atoms with Gasteiger partial charge in [-0.15, -0.1) is 0 Å². The van der Waals surface area contributed by atoms with Crippen molar-refractivity contribution in [3.63, 3.8) is 0 Å². The van der Waals surface area contributed by atoms with Crippen LogP contribution in [0.1, 0.15) is 39.0 Å². The Hall–Kier alpha value is -0.790. The summed E-state index contributed by atoms with van der Waals surface area (Å²) in [6.07, 6.45) is 9.36. The largest absolute Gasteiger partial charge is 0.374 e. The molecule has 0 bridgehead atoms. The predicted molar refractivity (Wildman–Crippen MR) is 56.9 cm³/mol. The van der Waals surface area contributed by atoms with Crippen molar-refractivity contribution in [3.05, 3.63) is 12.3 Å². The SMILES string of the molecule is CC1CCCC2(CC(=O)C=CN2C)C1. The third-order valence-corrected chi connectivity index (χ3v) is 3.80. The number of allylic oxidation sites excluding steroid dienone is 1. The lowest BCUT2D eigenvalue weighted by molar-refractivity contribution is -0.119. The minimum Gasteiger partial charge on any atom is -0.374 e. The second-order valence-corrected chi connectivity index (χ2v) is 5.00. The van der Waals surface area contributed by atoms with Gasteiger partial charge in [-0.2, -0.15) is 0 Å². The van der Waals surface area contributed by atoms with E-state index >= 15 is 0 Å². The zero-order chi connectivity index (χ0) is 10.2. The molecular formula is C12H19NO. The van der Waals surface area contributed by atoms with Crippen LogP contribution in [0.4, 0.5) is 0 Å². The van der Waals surface area contributed by atoms with Crippen LogP contribution in [0.2, 0.25) is 0 Å². The molecule has 0 amide bonds. The van der Waals surface area contributed by atoms with Crippen LogP contribution in [0.15, 0.2) is 12.3 Å². The highest BCUT2D eigenvalue weighted by molar-refractivity contribution is 5.91. The zero-order valence-corrected chi connectivity index (χ0v) is 9.12. The average Bonchev–Trinajstić information content (AvgIpc) is 2.12. The second-order valence-electron chi connectivity index (χ2n) is 5.00. The Morgan fingerprint density at radius 3 is 3.07 bits per heavy atom. The lowest BCUT2D eigenvalue weighted by Crippen LogP contribution is -2.50.